The second-order valence-corrected chi connectivity index (χ2v) is 4.40. The Kier molecular flexibility index (Phi) is 5.82. The molecule has 1 unspecified atom stereocenters. The molecule has 1 heteroatoms. The maximum atomic E-state index is 5.84. The van der Waals surface area contributed by atoms with Crippen molar-refractivity contribution in [1.29, 1.82) is 0 Å². The van der Waals surface area contributed by atoms with Gasteiger partial charge in [0, 0.05) is 6.42 Å². The fraction of sp³-hybridized carbons (Fsp3) is 0.833. The number of terminal acetylenes is 1. The molecule has 0 aromatic heterocycles. The first-order valence-electron chi connectivity index (χ1n) is 5.11. The monoisotopic (exact) mass is 182 g/mol. The summed E-state index contributed by atoms with van der Waals surface area (Å²) >= 11 is 0. The van der Waals surface area contributed by atoms with E-state index in [1.54, 1.807) is 0 Å². The molecule has 0 aliphatic carbocycles. The van der Waals surface area contributed by atoms with Crippen LogP contribution >= 0.6 is 0 Å². The van der Waals surface area contributed by atoms with Crippen molar-refractivity contribution in [2.75, 3.05) is 0 Å². The number of ether oxygens (including phenoxy) is 1. The van der Waals surface area contributed by atoms with Crippen LogP contribution in [0.25, 0.3) is 0 Å². The Morgan fingerprint density at radius 1 is 1.38 bits per heavy atom. The molecular formula is C12H22O. The molecule has 0 rings (SSSR count). The van der Waals surface area contributed by atoms with Crippen molar-refractivity contribution >= 4 is 0 Å². The normalized spacial score (nSPS) is 13.8. The fourth-order valence-corrected chi connectivity index (χ4v) is 1.27. The van der Waals surface area contributed by atoms with Gasteiger partial charge >= 0.3 is 0 Å². The minimum Gasteiger partial charge on any atom is -0.372 e. The largest absolute Gasteiger partial charge is 0.372 e. The Morgan fingerprint density at radius 3 is 2.38 bits per heavy atom. The summed E-state index contributed by atoms with van der Waals surface area (Å²) in [4.78, 5) is 0. The second kappa shape index (κ2) is 6.05. The molecule has 13 heavy (non-hydrogen) atoms. The van der Waals surface area contributed by atoms with E-state index < -0.39 is 0 Å². The van der Waals surface area contributed by atoms with Crippen LogP contribution in [0.2, 0.25) is 0 Å². The van der Waals surface area contributed by atoms with Gasteiger partial charge in [-0.05, 0) is 27.2 Å². The van der Waals surface area contributed by atoms with Gasteiger partial charge in [-0.1, -0.05) is 19.8 Å². The second-order valence-electron chi connectivity index (χ2n) is 4.40. The molecule has 0 saturated heterocycles. The summed E-state index contributed by atoms with van der Waals surface area (Å²) in [6.07, 6.45) is 9.75. The molecule has 1 nitrogen and oxygen atoms in total. The Balaban J connectivity index is 3.88. The van der Waals surface area contributed by atoms with Crippen molar-refractivity contribution in [1.82, 2.24) is 0 Å². The van der Waals surface area contributed by atoms with E-state index >= 15 is 0 Å². The van der Waals surface area contributed by atoms with E-state index in [4.69, 9.17) is 11.2 Å². The third kappa shape index (κ3) is 7.87. The van der Waals surface area contributed by atoms with Crippen LogP contribution in [0.3, 0.4) is 0 Å². The van der Waals surface area contributed by atoms with Crippen LogP contribution in [-0.4, -0.2) is 11.7 Å². The van der Waals surface area contributed by atoms with Crippen molar-refractivity contribution in [3.8, 4) is 12.3 Å². The zero-order valence-electron chi connectivity index (χ0n) is 9.39. The van der Waals surface area contributed by atoms with Crippen LogP contribution in [0.4, 0.5) is 0 Å². The van der Waals surface area contributed by atoms with Crippen molar-refractivity contribution in [2.45, 2.75) is 65.1 Å². The highest BCUT2D eigenvalue weighted by atomic mass is 16.5. The van der Waals surface area contributed by atoms with Gasteiger partial charge in [-0.3, -0.25) is 0 Å². The maximum Gasteiger partial charge on any atom is 0.0691 e. The molecule has 0 fully saturated rings. The lowest BCUT2D eigenvalue weighted by atomic mass is 10.1. The van der Waals surface area contributed by atoms with Crippen LogP contribution in [0.15, 0.2) is 0 Å². The standard InChI is InChI=1S/C12H22O/c1-6-8-10-11(9-7-2)13-12(3,4)5/h2,11H,6,8-10H2,1,3-5H3. The van der Waals surface area contributed by atoms with E-state index in [9.17, 15) is 0 Å². The molecule has 1 atom stereocenters. The molecule has 0 N–H and O–H groups in total. The highest BCUT2D eigenvalue weighted by Gasteiger charge is 2.17. The highest BCUT2D eigenvalue weighted by Crippen LogP contribution is 2.17. The van der Waals surface area contributed by atoms with Gasteiger partial charge in [-0.25, -0.2) is 0 Å². The Labute approximate surface area is 82.9 Å². The third-order valence-corrected chi connectivity index (χ3v) is 1.75. The van der Waals surface area contributed by atoms with Crippen molar-refractivity contribution in [3.05, 3.63) is 0 Å². The highest BCUT2D eigenvalue weighted by molar-refractivity contribution is 4.88. The zero-order chi connectivity index (χ0) is 10.3. The van der Waals surface area contributed by atoms with Gasteiger partial charge < -0.3 is 4.74 Å². The summed E-state index contributed by atoms with van der Waals surface area (Å²) in [5.41, 5.74) is -0.0741. The number of unbranched alkanes of at least 4 members (excludes halogenated alkanes) is 1. The fourth-order valence-electron chi connectivity index (χ4n) is 1.27. The SMILES string of the molecule is C#CCC(CCCC)OC(C)(C)C. The molecule has 0 saturated carbocycles. The minimum atomic E-state index is -0.0741. The van der Waals surface area contributed by atoms with Gasteiger partial charge in [-0.15, -0.1) is 12.3 Å². The van der Waals surface area contributed by atoms with Crippen LogP contribution in [-0.2, 0) is 4.74 Å². The molecule has 76 valence electrons. The lowest BCUT2D eigenvalue weighted by Crippen LogP contribution is -2.27. The topological polar surface area (TPSA) is 9.23 Å². The Hall–Kier alpha value is -0.480. The molecule has 0 radical (unpaired) electrons. The van der Waals surface area contributed by atoms with E-state index in [0.717, 1.165) is 12.8 Å². The molecule has 0 amide bonds. The average molecular weight is 182 g/mol. The number of rotatable bonds is 5. The zero-order valence-corrected chi connectivity index (χ0v) is 9.39. The third-order valence-electron chi connectivity index (χ3n) is 1.75. The van der Waals surface area contributed by atoms with Gasteiger partial charge in [0.2, 0.25) is 0 Å². The molecule has 0 aliphatic heterocycles. The van der Waals surface area contributed by atoms with Crippen LogP contribution in [0, 0.1) is 12.3 Å². The van der Waals surface area contributed by atoms with E-state index in [1.165, 1.54) is 12.8 Å². The predicted molar refractivity (Wildman–Crippen MR) is 57.6 cm³/mol. The molecule has 0 spiro atoms. The van der Waals surface area contributed by atoms with E-state index in [0.29, 0.717) is 0 Å². The smallest absolute Gasteiger partial charge is 0.0691 e. The first kappa shape index (κ1) is 12.5. The molecule has 0 aromatic rings. The first-order chi connectivity index (χ1) is 5.99. The van der Waals surface area contributed by atoms with Crippen molar-refractivity contribution < 1.29 is 4.74 Å². The first-order valence-corrected chi connectivity index (χ1v) is 5.11. The van der Waals surface area contributed by atoms with E-state index in [1.807, 2.05) is 0 Å². The molecule has 0 bridgehead atoms. The predicted octanol–water partition coefficient (Wildman–Crippen LogP) is 3.38. The summed E-state index contributed by atoms with van der Waals surface area (Å²) in [7, 11) is 0. The van der Waals surface area contributed by atoms with Gasteiger partial charge in [-0.2, -0.15) is 0 Å². The molecule has 0 heterocycles. The van der Waals surface area contributed by atoms with E-state index in [-0.39, 0.29) is 11.7 Å². The summed E-state index contributed by atoms with van der Waals surface area (Å²) in [5, 5.41) is 0. The van der Waals surface area contributed by atoms with Crippen molar-refractivity contribution in [2.24, 2.45) is 0 Å². The number of hydrogen-bond acceptors (Lipinski definition) is 1. The van der Waals surface area contributed by atoms with Crippen LogP contribution in [0.5, 0.6) is 0 Å². The van der Waals surface area contributed by atoms with Gasteiger partial charge in [0.25, 0.3) is 0 Å². The summed E-state index contributed by atoms with van der Waals surface area (Å²) in [6.45, 7) is 8.40. The molecule has 0 aromatic carbocycles. The lowest BCUT2D eigenvalue weighted by Gasteiger charge is -2.26. The quantitative estimate of drug-likeness (QED) is 0.592. The Bertz CT molecular complexity index is 159. The molecular weight excluding hydrogens is 160 g/mol. The minimum absolute atomic E-state index is 0.0741. The van der Waals surface area contributed by atoms with E-state index in [2.05, 4.69) is 33.6 Å². The lowest BCUT2D eigenvalue weighted by molar-refractivity contribution is -0.0610. The van der Waals surface area contributed by atoms with Gasteiger partial charge in [0.05, 0.1) is 11.7 Å². The van der Waals surface area contributed by atoms with Gasteiger partial charge in [0.15, 0.2) is 0 Å². The summed E-state index contributed by atoms with van der Waals surface area (Å²) in [5.74, 6) is 2.67. The Morgan fingerprint density at radius 2 is 2.00 bits per heavy atom. The maximum absolute atomic E-state index is 5.84. The van der Waals surface area contributed by atoms with Crippen LogP contribution < -0.4 is 0 Å². The van der Waals surface area contributed by atoms with Gasteiger partial charge in [0.1, 0.15) is 0 Å². The van der Waals surface area contributed by atoms with Crippen molar-refractivity contribution in [3.63, 3.8) is 0 Å². The summed E-state index contributed by atoms with van der Waals surface area (Å²) < 4.78 is 5.84. The van der Waals surface area contributed by atoms with Crippen LogP contribution in [0.1, 0.15) is 53.4 Å². The average Bonchev–Trinajstić information content (AvgIpc) is 1.98. The summed E-state index contributed by atoms with van der Waals surface area (Å²) in [6, 6.07) is 0. The number of hydrogen-bond donors (Lipinski definition) is 0. The molecule has 0 aliphatic rings.